The minimum atomic E-state index is -0.227. The fourth-order valence-corrected chi connectivity index (χ4v) is 4.22. The second kappa shape index (κ2) is 7.51. The molecule has 0 saturated carbocycles. The van der Waals surface area contributed by atoms with E-state index in [1.54, 1.807) is 0 Å². The summed E-state index contributed by atoms with van der Waals surface area (Å²) in [6, 6.07) is 11.6. The second-order valence-electron chi connectivity index (χ2n) is 7.24. The molecule has 0 atom stereocenters. The topological polar surface area (TPSA) is 39.7 Å². The molecule has 1 spiro atoms. The molecule has 2 aliphatic heterocycles. The van der Waals surface area contributed by atoms with Crippen LogP contribution in [0.4, 0.5) is 11.4 Å². The number of anilines is 2. The van der Waals surface area contributed by atoms with Crippen molar-refractivity contribution in [2.45, 2.75) is 24.9 Å². The molecule has 2 N–H and O–H groups in total. The van der Waals surface area contributed by atoms with Crippen LogP contribution in [0.3, 0.4) is 0 Å². The van der Waals surface area contributed by atoms with Crippen LogP contribution < -0.4 is 10.6 Å². The van der Waals surface area contributed by atoms with Gasteiger partial charge in [0, 0.05) is 18.1 Å². The van der Waals surface area contributed by atoms with Gasteiger partial charge in [-0.05, 0) is 49.7 Å². The molecule has 2 aliphatic rings. The Balaban J connectivity index is 1.69. The summed E-state index contributed by atoms with van der Waals surface area (Å²) in [5, 5.41) is 9.03. The third-order valence-electron chi connectivity index (χ3n) is 5.29. The molecule has 0 unspecified atom stereocenters. The fraction of sp³-hybridized carbons (Fsp3) is 0.350. The molecule has 0 aliphatic carbocycles. The van der Waals surface area contributed by atoms with Crippen molar-refractivity contribution in [2.24, 2.45) is 4.99 Å². The van der Waals surface area contributed by atoms with Crippen molar-refractivity contribution in [1.82, 2.24) is 4.90 Å². The Morgan fingerprint density at radius 3 is 2.44 bits per heavy atom. The van der Waals surface area contributed by atoms with Crippen molar-refractivity contribution in [1.29, 1.82) is 0 Å². The lowest BCUT2D eigenvalue weighted by molar-refractivity contribution is 0.240. The number of fused-ring (bicyclic) bond motifs is 1. The third kappa shape index (κ3) is 3.90. The van der Waals surface area contributed by atoms with Gasteiger partial charge in [-0.25, -0.2) is 0 Å². The summed E-state index contributed by atoms with van der Waals surface area (Å²) >= 11 is 18.6. The van der Waals surface area contributed by atoms with Crippen LogP contribution in [0, 0.1) is 0 Å². The standard InChI is InChI=1S/C20H21Cl3N4/c1-27-7-5-20(6-8-27)19(24-12-13-3-2-4-14(21)9-13)25-17-10-15(22)16(23)11-18(17)26-20/h2-4,9-11,26H,5-8,12H2,1H3,(H,24,25). The van der Waals surface area contributed by atoms with Crippen LogP contribution in [0.25, 0.3) is 0 Å². The highest BCUT2D eigenvalue weighted by Gasteiger charge is 2.42. The summed E-state index contributed by atoms with van der Waals surface area (Å²) < 4.78 is 0. The van der Waals surface area contributed by atoms with Gasteiger partial charge in [-0.15, -0.1) is 0 Å². The lowest BCUT2D eigenvalue weighted by Crippen LogP contribution is -2.58. The van der Waals surface area contributed by atoms with Gasteiger partial charge in [0.2, 0.25) is 0 Å². The number of nitrogens with zero attached hydrogens (tertiary/aromatic N) is 2. The number of benzene rings is 2. The van der Waals surface area contributed by atoms with Crippen LogP contribution >= 0.6 is 34.8 Å². The Hall–Kier alpha value is -1.46. The van der Waals surface area contributed by atoms with E-state index in [0.717, 1.165) is 53.7 Å². The molecule has 142 valence electrons. The molecule has 1 fully saturated rings. The molecule has 2 aromatic carbocycles. The summed E-state index contributed by atoms with van der Waals surface area (Å²) in [7, 11) is 2.15. The fourth-order valence-electron chi connectivity index (χ4n) is 3.68. The van der Waals surface area contributed by atoms with Gasteiger partial charge >= 0.3 is 0 Å². The summed E-state index contributed by atoms with van der Waals surface area (Å²) in [6.45, 7) is 2.57. The van der Waals surface area contributed by atoms with Crippen molar-refractivity contribution in [3.05, 3.63) is 57.0 Å². The molecule has 2 heterocycles. The zero-order valence-corrected chi connectivity index (χ0v) is 17.3. The maximum atomic E-state index is 6.24. The van der Waals surface area contributed by atoms with Crippen molar-refractivity contribution >= 4 is 52.0 Å². The predicted molar refractivity (Wildman–Crippen MR) is 116 cm³/mol. The first-order valence-electron chi connectivity index (χ1n) is 8.97. The molecule has 0 aromatic heterocycles. The molecule has 0 amide bonds. The molecule has 4 rings (SSSR count). The summed E-state index contributed by atoms with van der Waals surface area (Å²) in [6.07, 6.45) is 1.93. The quantitative estimate of drug-likeness (QED) is 0.665. The summed E-state index contributed by atoms with van der Waals surface area (Å²) in [4.78, 5) is 7.28. The Bertz CT molecular complexity index is 889. The van der Waals surface area contributed by atoms with Crippen LogP contribution in [0.2, 0.25) is 15.1 Å². The molecule has 0 bridgehead atoms. The first kappa shape index (κ1) is 18.9. The van der Waals surface area contributed by atoms with Gasteiger partial charge in [0.15, 0.2) is 0 Å². The Labute approximate surface area is 174 Å². The predicted octanol–water partition coefficient (Wildman–Crippen LogP) is 5.55. The molecular weight excluding hydrogens is 403 g/mol. The third-order valence-corrected chi connectivity index (χ3v) is 6.25. The van der Waals surface area contributed by atoms with E-state index in [1.165, 1.54) is 0 Å². The lowest BCUT2D eigenvalue weighted by atomic mass is 9.84. The highest BCUT2D eigenvalue weighted by molar-refractivity contribution is 6.42. The molecule has 2 aromatic rings. The Morgan fingerprint density at radius 1 is 1.04 bits per heavy atom. The van der Waals surface area contributed by atoms with E-state index in [1.807, 2.05) is 36.4 Å². The highest BCUT2D eigenvalue weighted by Crippen LogP contribution is 2.40. The van der Waals surface area contributed by atoms with E-state index in [0.29, 0.717) is 16.6 Å². The number of likely N-dealkylation sites (tertiary alicyclic amines) is 1. The van der Waals surface area contributed by atoms with Gasteiger partial charge in [-0.1, -0.05) is 46.9 Å². The van der Waals surface area contributed by atoms with Crippen molar-refractivity contribution in [2.75, 3.05) is 30.8 Å². The Morgan fingerprint density at radius 2 is 1.74 bits per heavy atom. The zero-order valence-electron chi connectivity index (χ0n) is 15.0. The zero-order chi connectivity index (χ0) is 19.0. The normalized spacial score (nSPS) is 20.2. The van der Waals surface area contributed by atoms with Crippen molar-refractivity contribution < 1.29 is 0 Å². The molecule has 27 heavy (non-hydrogen) atoms. The van der Waals surface area contributed by atoms with Gasteiger partial charge in [-0.2, -0.15) is 0 Å². The van der Waals surface area contributed by atoms with Crippen molar-refractivity contribution in [3.8, 4) is 0 Å². The molecular formula is C20H21Cl3N4. The lowest BCUT2D eigenvalue weighted by Gasteiger charge is -2.46. The van der Waals surface area contributed by atoms with Crippen molar-refractivity contribution in [3.63, 3.8) is 0 Å². The van der Waals surface area contributed by atoms with E-state index >= 15 is 0 Å². The van der Waals surface area contributed by atoms with Gasteiger partial charge in [0.05, 0.1) is 33.5 Å². The maximum Gasteiger partial charge on any atom is 0.127 e. The minimum absolute atomic E-state index is 0.227. The SMILES string of the molecule is CN1CCC2(CC1)Nc1cc(Cl)c(Cl)cc1NC2=NCc1cccc(Cl)c1. The average molecular weight is 424 g/mol. The summed E-state index contributed by atoms with van der Waals surface area (Å²) in [5.41, 5.74) is 2.73. The van der Waals surface area contributed by atoms with E-state index in [4.69, 9.17) is 39.8 Å². The first-order chi connectivity index (χ1) is 12.9. The second-order valence-corrected chi connectivity index (χ2v) is 8.49. The number of rotatable bonds is 2. The van der Waals surface area contributed by atoms with Crippen LogP contribution in [0.5, 0.6) is 0 Å². The number of aliphatic imine (C=N–C) groups is 1. The van der Waals surface area contributed by atoms with E-state index in [2.05, 4.69) is 22.6 Å². The van der Waals surface area contributed by atoms with E-state index in [-0.39, 0.29) is 5.54 Å². The summed E-state index contributed by atoms with van der Waals surface area (Å²) in [5.74, 6) is 0.946. The first-order valence-corrected chi connectivity index (χ1v) is 10.1. The van der Waals surface area contributed by atoms with Gasteiger partial charge in [-0.3, -0.25) is 4.99 Å². The number of hydrogen-bond donors (Lipinski definition) is 2. The molecule has 1 saturated heterocycles. The number of hydrogen-bond acceptors (Lipinski definition) is 3. The smallest absolute Gasteiger partial charge is 0.127 e. The van der Waals surface area contributed by atoms with E-state index in [9.17, 15) is 0 Å². The van der Waals surface area contributed by atoms with Gasteiger partial charge in [0.1, 0.15) is 5.84 Å². The molecule has 4 nitrogen and oxygen atoms in total. The minimum Gasteiger partial charge on any atom is -0.371 e. The van der Waals surface area contributed by atoms with Crippen LogP contribution in [-0.4, -0.2) is 36.4 Å². The van der Waals surface area contributed by atoms with Gasteiger partial charge in [0.25, 0.3) is 0 Å². The largest absolute Gasteiger partial charge is 0.371 e. The number of amidine groups is 1. The highest BCUT2D eigenvalue weighted by atomic mass is 35.5. The average Bonchev–Trinajstić information content (AvgIpc) is 2.64. The Kier molecular flexibility index (Phi) is 5.26. The van der Waals surface area contributed by atoms with Gasteiger partial charge < -0.3 is 15.5 Å². The molecule has 7 heteroatoms. The monoisotopic (exact) mass is 422 g/mol. The maximum absolute atomic E-state index is 6.24. The van der Waals surface area contributed by atoms with Crippen LogP contribution in [-0.2, 0) is 6.54 Å². The number of halogens is 3. The van der Waals surface area contributed by atoms with Crippen LogP contribution in [0.1, 0.15) is 18.4 Å². The van der Waals surface area contributed by atoms with E-state index < -0.39 is 0 Å². The number of nitrogens with one attached hydrogen (secondary N) is 2. The molecule has 0 radical (unpaired) electrons. The number of piperidine rings is 1. The van der Waals surface area contributed by atoms with Crippen LogP contribution in [0.15, 0.2) is 41.4 Å².